The predicted molar refractivity (Wildman–Crippen MR) is 71.2 cm³/mol. The van der Waals surface area contributed by atoms with Crippen LogP contribution >= 0.6 is 0 Å². The van der Waals surface area contributed by atoms with Gasteiger partial charge in [0.2, 0.25) is 5.95 Å². The molecule has 2 heterocycles. The maximum atomic E-state index is 5.78. The SMILES string of the molecule is CC1CCCCN1c1nc2ccc(N)cc2[nH]1. The molecule has 0 saturated carbocycles. The van der Waals surface area contributed by atoms with E-state index in [2.05, 4.69) is 21.8 Å². The third kappa shape index (κ3) is 1.84. The molecule has 3 rings (SSSR count). The highest BCUT2D eigenvalue weighted by Crippen LogP contribution is 2.25. The van der Waals surface area contributed by atoms with Gasteiger partial charge in [-0.2, -0.15) is 0 Å². The maximum absolute atomic E-state index is 5.78. The molecule has 3 N–H and O–H groups in total. The van der Waals surface area contributed by atoms with Gasteiger partial charge >= 0.3 is 0 Å². The van der Waals surface area contributed by atoms with E-state index in [0.717, 1.165) is 29.2 Å². The maximum Gasteiger partial charge on any atom is 0.204 e. The molecule has 1 aromatic carbocycles. The lowest BCUT2D eigenvalue weighted by Gasteiger charge is -2.33. The van der Waals surface area contributed by atoms with Crippen molar-refractivity contribution in [3.8, 4) is 0 Å². The van der Waals surface area contributed by atoms with Gasteiger partial charge in [0.25, 0.3) is 0 Å². The van der Waals surface area contributed by atoms with Gasteiger partial charge in [0.15, 0.2) is 0 Å². The van der Waals surface area contributed by atoms with Gasteiger partial charge in [-0.05, 0) is 44.4 Å². The number of imidazole rings is 1. The number of nitrogens with two attached hydrogens (primary N) is 1. The number of benzene rings is 1. The van der Waals surface area contributed by atoms with E-state index >= 15 is 0 Å². The number of hydrogen-bond acceptors (Lipinski definition) is 3. The van der Waals surface area contributed by atoms with E-state index < -0.39 is 0 Å². The van der Waals surface area contributed by atoms with Crippen molar-refractivity contribution in [3.63, 3.8) is 0 Å². The molecule has 0 radical (unpaired) electrons. The Morgan fingerprint density at radius 1 is 1.41 bits per heavy atom. The van der Waals surface area contributed by atoms with Crippen molar-refractivity contribution in [3.05, 3.63) is 18.2 Å². The van der Waals surface area contributed by atoms with Crippen molar-refractivity contribution in [2.75, 3.05) is 17.2 Å². The molecule has 4 heteroatoms. The molecule has 1 aliphatic heterocycles. The fourth-order valence-corrected chi connectivity index (χ4v) is 2.56. The summed E-state index contributed by atoms with van der Waals surface area (Å²) in [7, 11) is 0. The predicted octanol–water partition coefficient (Wildman–Crippen LogP) is 2.52. The Balaban J connectivity index is 1.99. The molecule has 17 heavy (non-hydrogen) atoms. The van der Waals surface area contributed by atoms with E-state index in [9.17, 15) is 0 Å². The van der Waals surface area contributed by atoms with Crippen molar-refractivity contribution in [1.82, 2.24) is 9.97 Å². The Bertz CT molecular complexity index is 531. The number of rotatable bonds is 1. The molecule has 1 fully saturated rings. The average Bonchev–Trinajstić information content (AvgIpc) is 2.72. The second kappa shape index (κ2) is 3.95. The van der Waals surface area contributed by atoms with Gasteiger partial charge in [-0.3, -0.25) is 0 Å². The van der Waals surface area contributed by atoms with Gasteiger partial charge < -0.3 is 15.6 Å². The van der Waals surface area contributed by atoms with Gasteiger partial charge in [0, 0.05) is 18.3 Å². The molecule has 1 aliphatic rings. The summed E-state index contributed by atoms with van der Waals surface area (Å²) in [6.45, 7) is 3.36. The van der Waals surface area contributed by atoms with Crippen LogP contribution in [0.15, 0.2) is 18.2 Å². The van der Waals surface area contributed by atoms with Crippen LogP contribution in [0.5, 0.6) is 0 Å². The van der Waals surface area contributed by atoms with E-state index in [1.54, 1.807) is 0 Å². The molecule has 1 unspecified atom stereocenters. The summed E-state index contributed by atoms with van der Waals surface area (Å²) >= 11 is 0. The van der Waals surface area contributed by atoms with E-state index in [1.807, 2.05) is 18.2 Å². The Morgan fingerprint density at radius 2 is 2.29 bits per heavy atom. The number of nitrogen functional groups attached to an aromatic ring is 1. The molecule has 0 bridgehead atoms. The summed E-state index contributed by atoms with van der Waals surface area (Å²) in [4.78, 5) is 10.4. The number of H-pyrrole nitrogens is 1. The lowest BCUT2D eigenvalue weighted by molar-refractivity contribution is 0.478. The Labute approximate surface area is 101 Å². The molecule has 2 aromatic rings. The van der Waals surface area contributed by atoms with Gasteiger partial charge in [-0.15, -0.1) is 0 Å². The zero-order valence-corrected chi connectivity index (χ0v) is 10.1. The fourth-order valence-electron chi connectivity index (χ4n) is 2.56. The van der Waals surface area contributed by atoms with Crippen molar-refractivity contribution in [2.24, 2.45) is 0 Å². The first kappa shape index (κ1) is 10.4. The van der Waals surface area contributed by atoms with Crippen molar-refractivity contribution >= 4 is 22.7 Å². The van der Waals surface area contributed by atoms with Gasteiger partial charge in [-0.1, -0.05) is 0 Å². The van der Waals surface area contributed by atoms with Crippen LogP contribution in [0, 0.1) is 0 Å². The molecule has 0 aliphatic carbocycles. The Morgan fingerprint density at radius 3 is 3.12 bits per heavy atom. The average molecular weight is 230 g/mol. The van der Waals surface area contributed by atoms with Crippen LogP contribution in [-0.2, 0) is 0 Å². The molecular weight excluding hydrogens is 212 g/mol. The standard InChI is InChI=1S/C13H18N4/c1-9-4-2-3-7-17(9)13-15-11-6-5-10(14)8-12(11)16-13/h5-6,8-9H,2-4,7,14H2,1H3,(H,15,16). The molecule has 4 nitrogen and oxygen atoms in total. The number of fused-ring (bicyclic) bond motifs is 1. The van der Waals surface area contributed by atoms with Crippen LogP contribution in [-0.4, -0.2) is 22.6 Å². The summed E-state index contributed by atoms with van der Waals surface area (Å²) in [5, 5.41) is 0. The number of hydrogen-bond donors (Lipinski definition) is 2. The molecule has 0 amide bonds. The Kier molecular flexibility index (Phi) is 2.42. The van der Waals surface area contributed by atoms with Gasteiger partial charge in [0.05, 0.1) is 11.0 Å². The lowest BCUT2D eigenvalue weighted by atomic mass is 10.0. The first-order chi connectivity index (χ1) is 8.24. The fraction of sp³-hybridized carbons (Fsp3) is 0.462. The Hall–Kier alpha value is -1.71. The van der Waals surface area contributed by atoms with Crippen LogP contribution in [0.4, 0.5) is 11.6 Å². The van der Waals surface area contributed by atoms with Gasteiger partial charge in [-0.25, -0.2) is 4.98 Å². The smallest absolute Gasteiger partial charge is 0.204 e. The van der Waals surface area contributed by atoms with E-state index in [1.165, 1.54) is 19.3 Å². The molecule has 90 valence electrons. The third-order valence-electron chi connectivity index (χ3n) is 3.57. The minimum Gasteiger partial charge on any atom is -0.399 e. The van der Waals surface area contributed by atoms with E-state index in [-0.39, 0.29) is 0 Å². The zero-order chi connectivity index (χ0) is 11.8. The third-order valence-corrected chi connectivity index (χ3v) is 3.57. The topological polar surface area (TPSA) is 57.9 Å². The van der Waals surface area contributed by atoms with Crippen molar-refractivity contribution in [2.45, 2.75) is 32.2 Å². The van der Waals surface area contributed by atoms with Crippen LogP contribution < -0.4 is 10.6 Å². The summed E-state index contributed by atoms with van der Waals surface area (Å²) in [5.74, 6) is 0.984. The first-order valence-corrected chi connectivity index (χ1v) is 6.26. The molecule has 0 spiro atoms. The first-order valence-electron chi connectivity index (χ1n) is 6.26. The molecule has 1 aromatic heterocycles. The number of aromatic nitrogens is 2. The van der Waals surface area contributed by atoms with Crippen LogP contribution in [0.1, 0.15) is 26.2 Å². The summed E-state index contributed by atoms with van der Waals surface area (Å²) < 4.78 is 0. The lowest BCUT2D eigenvalue weighted by Crippen LogP contribution is -2.38. The van der Waals surface area contributed by atoms with Crippen molar-refractivity contribution in [1.29, 1.82) is 0 Å². The zero-order valence-electron chi connectivity index (χ0n) is 10.1. The highest BCUT2D eigenvalue weighted by atomic mass is 15.3. The molecular formula is C13H18N4. The minimum atomic E-state index is 0.571. The second-order valence-electron chi connectivity index (χ2n) is 4.88. The van der Waals surface area contributed by atoms with Gasteiger partial charge in [0.1, 0.15) is 0 Å². The number of aromatic amines is 1. The number of nitrogens with zero attached hydrogens (tertiary/aromatic N) is 2. The quantitative estimate of drug-likeness (QED) is 0.740. The summed E-state index contributed by atoms with van der Waals surface area (Å²) in [6, 6.07) is 6.38. The number of anilines is 2. The van der Waals surface area contributed by atoms with Crippen LogP contribution in [0.25, 0.3) is 11.0 Å². The number of nitrogens with one attached hydrogen (secondary N) is 1. The highest BCUT2D eigenvalue weighted by Gasteiger charge is 2.21. The van der Waals surface area contributed by atoms with Crippen molar-refractivity contribution < 1.29 is 0 Å². The largest absolute Gasteiger partial charge is 0.399 e. The van der Waals surface area contributed by atoms with Crippen LogP contribution in [0.2, 0.25) is 0 Å². The second-order valence-corrected chi connectivity index (χ2v) is 4.88. The van der Waals surface area contributed by atoms with E-state index in [4.69, 9.17) is 5.73 Å². The van der Waals surface area contributed by atoms with E-state index in [0.29, 0.717) is 6.04 Å². The minimum absolute atomic E-state index is 0.571. The summed E-state index contributed by atoms with van der Waals surface area (Å²) in [5.41, 5.74) is 8.57. The van der Waals surface area contributed by atoms with Crippen LogP contribution in [0.3, 0.4) is 0 Å². The number of piperidine rings is 1. The monoisotopic (exact) mass is 230 g/mol. The molecule has 1 atom stereocenters. The highest BCUT2D eigenvalue weighted by molar-refractivity contribution is 5.80. The molecule has 1 saturated heterocycles. The normalized spacial score (nSPS) is 21.0. The summed E-state index contributed by atoms with van der Waals surface area (Å²) in [6.07, 6.45) is 3.83.